The van der Waals surface area contributed by atoms with Gasteiger partial charge >= 0.3 is 5.97 Å². The minimum absolute atomic E-state index is 0.0218. The second-order valence-corrected chi connectivity index (χ2v) is 5.21. The quantitative estimate of drug-likeness (QED) is 0.659. The van der Waals surface area contributed by atoms with Gasteiger partial charge in [-0.05, 0) is 44.0 Å². The van der Waals surface area contributed by atoms with E-state index in [-0.39, 0.29) is 24.2 Å². The van der Waals surface area contributed by atoms with Crippen LogP contribution in [0.2, 0.25) is 0 Å². The summed E-state index contributed by atoms with van der Waals surface area (Å²) in [5, 5.41) is 0. The van der Waals surface area contributed by atoms with Gasteiger partial charge in [-0.3, -0.25) is 9.59 Å². The Morgan fingerprint density at radius 3 is 2.67 bits per heavy atom. The molecule has 1 saturated heterocycles. The molecular weight excluding hydrogens is 268 g/mol. The summed E-state index contributed by atoms with van der Waals surface area (Å²) in [6.45, 7) is 3.86. The third-order valence-corrected chi connectivity index (χ3v) is 3.78. The van der Waals surface area contributed by atoms with Crippen molar-refractivity contribution in [1.82, 2.24) is 0 Å². The second kappa shape index (κ2) is 7.22. The van der Waals surface area contributed by atoms with Crippen molar-refractivity contribution in [3.63, 3.8) is 0 Å². The number of benzene rings is 1. The summed E-state index contributed by atoms with van der Waals surface area (Å²) in [6.07, 6.45) is 1.84. The molecule has 5 nitrogen and oxygen atoms in total. The maximum atomic E-state index is 11.8. The Morgan fingerprint density at radius 1 is 1.33 bits per heavy atom. The molecule has 1 aliphatic rings. The van der Waals surface area contributed by atoms with Crippen LogP contribution >= 0.6 is 0 Å². The van der Waals surface area contributed by atoms with Crippen molar-refractivity contribution in [3.8, 4) is 0 Å². The van der Waals surface area contributed by atoms with E-state index < -0.39 is 0 Å². The number of hydrogen-bond donors (Lipinski definition) is 1. The molecule has 1 aromatic carbocycles. The summed E-state index contributed by atoms with van der Waals surface area (Å²) in [5.74, 6) is -0.245. The highest BCUT2D eigenvalue weighted by Gasteiger charge is 2.26. The Kier molecular flexibility index (Phi) is 5.33. The number of hydrogen-bond acceptors (Lipinski definition) is 5. The number of anilines is 1. The van der Waals surface area contributed by atoms with E-state index in [4.69, 9.17) is 10.5 Å². The number of nitrogens with two attached hydrogens (primary N) is 1. The highest BCUT2D eigenvalue weighted by molar-refractivity contribution is 5.97. The summed E-state index contributed by atoms with van der Waals surface area (Å²) >= 11 is 0. The molecule has 21 heavy (non-hydrogen) atoms. The van der Waals surface area contributed by atoms with Crippen molar-refractivity contribution in [2.75, 3.05) is 31.1 Å². The minimum atomic E-state index is -0.114. The SMILES string of the molecule is CCOC(=O)C1CCCN(c2ccc(C(=O)CN)cc2)C1. The first-order chi connectivity index (χ1) is 10.2. The Morgan fingerprint density at radius 2 is 2.05 bits per heavy atom. The van der Waals surface area contributed by atoms with Crippen LogP contribution in [0.4, 0.5) is 5.69 Å². The van der Waals surface area contributed by atoms with Crippen molar-refractivity contribution < 1.29 is 14.3 Å². The first-order valence-corrected chi connectivity index (χ1v) is 7.40. The topological polar surface area (TPSA) is 72.6 Å². The number of ketones is 1. The van der Waals surface area contributed by atoms with Gasteiger partial charge in [0.25, 0.3) is 0 Å². The van der Waals surface area contributed by atoms with Crippen molar-refractivity contribution in [1.29, 1.82) is 0 Å². The van der Waals surface area contributed by atoms with E-state index in [9.17, 15) is 9.59 Å². The van der Waals surface area contributed by atoms with E-state index in [2.05, 4.69) is 4.90 Å². The van der Waals surface area contributed by atoms with Gasteiger partial charge < -0.3 is 15.4 Å². The normalized spacial score (nSPS) is 18.4. The molecule has 5 heteroatoms. The van der Waals surface area contributed by atoms with Gasteiger partial charge in [0.1, 0.15) is 0 Å². The Labute approximate surface area is 125 Å². The van der Waals surface area contributed by atoms with E-state index in [0.29, 0.717) is 18.7 Å². The highest BCUT2D eigenvalue weighted by atomic mass is 16.5. The van der Waals surface area contributed by atoms with Gasteiger partial charge in [0.2, 0.25) is 0 Å². The zero-order valence-electron chi connectivity index (χ0n) is 12.4. The number of rotatable bonds is 5. The Balaban J connectivity index is 2.04. The number of esters is 1. The monoisotopic (exact) mass is 290 g/mol. The Hall–Kier alpha value is -1.88. The predicted molar refractivity (Wildman–Crippen MR) is 81.4 cm³/mol. The van der Waals surface area contributed by atoms with Crippen LogP contribution in [0.25, 0.3) is 0 Å². The lowest BCUT2D eigenvalue weighted by molar-refractivity contribution is -0.148. The number of ether oxygens (including phenoxy) is 1. The standard InChI is InChI=1S/C16H22N2O3/c1-2-21-16(20)13-4-3-9-18(11-13)14-7-5-12(6-8-14)15(19)10-17/h5-8,13H,2-4,9-11,17H2,1H3. The summed E-state index contributed by atoms with van der Waals surface area (Å²) in [6, 6.07) is 7.41. The third kappa shape index (κ3) is 3.82. The zero-order chi connectivity index (χ0) is 15.2. The van der Waals surface area contributed by atoms with Crippen LogP contribution in [0.5, 0.6) is 0 Å². The molecular formula is C16H22N2O3. The number of piperidine rings is 1. The molecule has 1 fully saturated rings. The van der Waals surface area contributed by atoms with Crippen LogP contribution < -0.4 is 10.6 Å². The van der Waals surface area contributed by atoms with Crippen molar-refractivity contribution in [2.45, 2.75) is 19.8 Å². The fourth-order valence-electron chi connectivity index (χ4n) is 2.64. The van der Waals surface area contributed by atoms with E-state index in [1.54, 1.807) is 12.1 Å². The molecule has 0 saturated carbocycles. The van der Waals surface area contributed by atoms with Crippen molar-refractivity contribution in [2.24, 2.45) is 11.7 Å². The highest BCUT2D eigenvalue weighted by Crippen LogP contribution is 2.24. The summed E-state index contributed by atoms with van der Waals surface area (Å²) in [4.78, 5) is 25.5. The Bertz CT molecular complexity index is 499. The molecule has 0 aliphatic carbocycles. The van der Waals surface area contributed by atoms with Crippen LogP contribution in [-0.2, 0) is 9.53 Å². The predicted octanol–water partition coefficient (Wildman–Crippen LogP) is 1.61. The van der Waals surface area contributed by atoms with Gasteiger partial charge in [0, 0.05) is 24.3 Å². The molecule has 0 bridgehead atoms. The number of nitrogens with zero attached hydrogens (tertiary/aromatic N) is 1. The van der Waals surface area contributed by atoms with Gasteiger partial charge in [-0.1, -0.05) is 0 Å². The van der Waals surface area contributed by atoms with Crippen molar-refractivity contribution >= 4 is 17.4 Å². The van der Waals surface area contributed by atoms with Gasteiger partial charge in [-0.25, -0.2) is 0 Å². The number of Topliss-reactive ketones (excluding diaryl/α,β-unsaturated/α-hetero) is 1. The van der Waals surface area contributed by atoms with Crippen LogP contribution in [0, 0.1) is 5.92 Å². The summed E-state index contributed by atoms with van der Waals surface area (Å²) in [7, 11) is 0. The fraction of sp³-hybridized carbons (Fsp3) is 0.500. The van der Waals surface area contributed by atoms with E-state index in [1.807, 2.05) is 19.1 Å². The largest absolute Gasteiger partial charge is 0.466 e. The maximum absolute atomic E-state index is 11.8. The van der Waals surface area contributed by atoms with Gasteiger partial charge in [0.05, 0.1) is 19.1 Å². The molecule has 2 N–H and O–H groups in total. The zero-order valence-corrected chi connectivity index (χ0v) is 12.4. The van der Waals surface area contributed by atoms with E-state index in [0.717, 1.165) is 25.1 Å². The molecule has 1 unspecified atom stereocenters. The molecule has 0 amide bonds. The first kappa shape index (κ1) is 15.5. The molecule has 1 heterocycles. The van der Waals surface area contributed by atoms with E-state index in [1.165, 1.54) is 0 Å². The average molecular weight is 290 g/mol. The minimum Gasteiger partial charge on any atom is -0.466 e. The first-order valence-electron chi connectivity index (χ1n) is 7.40. The number of carbonyl (C=O) groups excluding carboxylic acids is 2. The average Bonchev–Trinajstić information content (AvgIpc) is 2.54. The van der Waals surface area contributed by atoms with Crippen LogP contribution in [0.1, 0.15) is 30.1 Å². The molecule has 2 rings (SSSR count). The molecule has 114 valence electrons. The lowest BCUT2D eigenvalue weighted by Crippen LogP contribution is -2.39. The van der Waals surface area contributed by atoms with Crippen LogP contribution in [-0.4, -0.2) is 38.0 Å². The third-order valence-electron chi connectivity index (χ3n) is 3.78. The molecule has 0 spiro atoms. The fourth-order valence-corrected chi connectivity index (χ4v) is 2.64. The lowest BCUT2D eigenvalue weighted by Gasteiger charge is -2.33. The van der Waals surface area contributed by atoms with Crippen LogP contribution in [0.3, 0.4) is 0 Å². The summed E-state index contributed by atoms with van der Waals surface area (Å²) < 4.78 is 5.11. The lowest BCUT2D eigenvalue weighted by atomic mass is 9.97. The van der Waals surface area contributed by atoms with Gasteiger partial charge in [-0.15, -0.1) is 0 Å². The van der Waals surface area contributed by atoms with Crippen molar-refractivity contribution in [3.05, 3.63) is 29.8 Å². The second-order valence-electron chi connectivity index (χ2n) is 5.21. The molecule has 1 aromatic rings. The van der Waals surface area contributed by atoms with Gasteiger partial charge in [-0.2, -0.15) is 0 Å². The maximum Gasteiger partial charge on any atom is 0.310 e. The smallest absolute Gasteiger partial charge is 0.310 e. The molecule has 1 atom stereocenters. The molecule has 0 radical (unpaired) electrons. The van der Waals surface area contributed by atoms with Gasteiger partial charge in [0.15, 0.2) is 5.78 Å². The van der Waals surface area contributed by atoms with E-state index >= 15 is 0 Å². The van der Waals surface area contributed by atoms with Crippen LogP contribution in [0.15, 0.2) is 24.3 Å². The summed E-state index contributed by atoms with van der Waals surface area (Å²) in [5.41, 5.74) is 7.00. The molecule has 1 aliphatic heterocycles. The molecule has 0 aromatic heterocycles. The number of carbonyl (C=O) groups is 2.